The maximum absolute atomic E-state index is 9.06. The van der Waals surface area contributed by atoms with Crippen molar-refractivity contribution in [1.82, 2.24) is 9.88 Å². The first-order valence-electron chi connectivity index (χ1n) is 7.18. The standard InChI is InChI=1S/C15H25N5O/c1-10-8-12(13(11(2)17-10)14(16)18-21)20-7-6-19(5)15(3,4)9-20/h8,21H,6-7,9H2,1-5H3,(H2,16,18). The molecular formula is C15H25N5O. The van der Waals surface area contributed by atoms with E-state index in [-0.39, 0.29) is 11.4 Å². The molecule has 6 heteroatoms. The summed E-state index contributed by atoms with van der Waals surface area (Å²) in [5.41, 5.74) is 9.40. The minimum atomic E-state index is 0.0751. The van der Waals surface area contributed by atoms with E-state index < -0.39 is 0 Å². The van der Waals surface area contributed by atoms with Crippen LogP contribution in [-0.4, -0.2) is 53.1 Å². The van der Waals surface area contributed by atoms with Gasteiger partial charge in [-0.25, -0.2) is 0 Å². The van der Waals surface area contributed by atoms with Crippen molar-refractivity contribution < 1.29 is 5.21 Å². The number of aryl methyl sites for hydroxylation is 2. The van der Waals surface area contributed by atoms with E-state index in [1.807, 2.05) is 19.9 Å². The molecule has 1 fully saturated rings. The molecule has 0 atom stereocenters. The highest BCUT2D eigenvalue weighted by Crippen LogP contribution is 2.29. The zero-order valence-electron chi connectivity index (χ0n) is 13.5. The van der Waals surface area contributed by atoms with Gasteiger partial charge in [0.2, 0.25) is 0 Å². The molecule has 0 spiro atoms. The summed E-state index contributed by atoms with van der Waals surface area (Å²) in [6, 6.07) is 2.02. The molecule has 0 amide bonds. The second-order valence-corrected chi connectivity index (χ2v) is 6.38. The van der Waals surface area contributed by atoms with Gasteiger partial charge in [-0.3, -0.25) is 9.88 Å². The van der Waals surface area contributed by atoms with Crippen LogP contribution in [-0.2, 0) is 0 Å². The van der Waals surface area contributed by atoms with E-state index in [0.29, 0.717) is 0 Å². The molecule has 1 saturated heterocycles. The number of anilines is 1. The summed E-state index contributed by atoms with van der Waals surface area (Å²) < 4.78 is 0. The molecule has 2 rings (SSSR count). The Balaban J connectivity index is 2.48. The number of oxime groups is 1. The lowest BCUT2D eigenvalue weighted by molar-refractivity contribution is 0.139. The Labute approximate surface area is 126 Å². The first kappa shape index (κ1) is 15.6. The van der Waals surface area contributed by atoms with Crippen molar-refractivity contribution in [2.45, 2.75) is 33.2 Å². The highest BCUT2D eigenvalue weighted by Gasteiger charge is 2.32. The average molecular weight is 291 g/mol. The lowest BCUT2D eigenvalue weighted by atomic mass is 9.98. The number of hydrogen-bond donors (Lipinski definition) is 2. The van der Waals surface area contributed by atoms with E-state index in [1.54, 1.807) is 0 Å². The summed E-state index contributed by atoms with van der Waals surface area (Å²) in [5, 5.41) is 12.2. The Bertz CT molecular complexity index is 567. The molecular weight excluding hydrogens is 266 g/mol. The molecule has 3 N–H and O–H groups in total. The first-order valence-corrected chi connectivity index (χ1v) is 7.18. The van der Waals surface area contributed by atoms with Crippen molar-refractivity contribution in [3.05, 3.63) is 23.0 Å². The lowest BCUT2D eigenvalue weighted by Gasteiger charge is -2.46. The van der Waals surface area contributed by atoms with Crippen molar-refractivity contribution in [2.75, 3.05) is 31.6 Å². The van der Waals surface area contributed by atoms with E-state index in [0.717, 1.165) is 42.3 Å². The van der Waals surface area contributed by atoms with Crippen LogP contribution >= 0.6 is 0 Å². The fraction of sp³-hybridized carbons (Fsp3) is 0.600. The highest BCUT2D eigenvalue weighted by atomic mass is 16.4. The first-order chi connectivity index (χ1) is 9.76. The van der Waals surface area contributed by atoms with Crippen molar-refractivity contribution in [2.24, 2.45) is 10.9 Å². The third kappa shape index (κ3) is 2.95. The van der Waals surface area contributed by atoms with Gasteiger partial charge >= 0.3 is 0 Å². The number of hydrogen-bond acceptors (Lipinski definition) is 5. The van der Waals surface area contributed by atoms with Crippen LogP contribution in [0.4, 0.5) is 5.69 Å². The zero-order chi connectivity index (χ0) is 15.8. The lowest BCUT2D eigenvalue weighted by Crippen LogP contribution is -2.58. The molecule has 0 bridgehead atoms. The van der Waals surface area contributed by atoms with Crippen LogP contribution in [0.5, 0.6) is 0 Å². The Morgan fingerprint density at radius 2 is 2.05 bits per heavy atom. The summed E-state index contributed by atoms with van der Waals surface area (Å²) in [6.07, 6.45) is 0. The maximum atomic E-state index is 9.06. The number of rotatable bonds is 2. The fourth-order valence-corrected chi connectivity index (χ4v) is 2.87. The molecule has 0 radical (unpaired) electrons. The van der Waals surface area contributed by atoms with Gasteiger partial charge in [0.15, 0.2) is 5.84 Å². The molecule has 1 aliphatic rings. The predicted octanol–water partition coefficient (Wildman–Crippen LogP) is 1.32. The summed E-state index contributed by atoms with van der Waals surface area (Å²) in [6.45, 7) is 11.1. The summed E-state index contributed by atoms with van der Waals surface area (Å²) in [4.78, 5) is 9.10. The smallest absolute Gasteiger partial charge is 0.174 e. The molecule has 116 valence electrons. The van der Waals surface area contributed by atoms with E-state index >= 15 is 0 Å². The van der Waals surface area contributed by atoms with E-state index in [1.165, 1.54) is 0 Å². The summed E-state index contributed by atoms with van der Waals surface area (Å²) in [7, 11) is 2.14. The van der Waals surface area contributed by atoms with E-state index in [9.17, 15) is 0 Å². The van der Waals surface area contributed by atoms with Gasteiger partial charge in [0.05, 0.1) is 16.9 Å². The normalized spacial score (nSPS) is 19.9. The molecule has 1 aromatic heterocycles. The largest absolute Gasteiger partial charge is 0.409 e. The van der Waals surface area contributed by atoms with Gasteiger partial charge in [-0.2, -0.15) is 0 Å². The topological polar surface area (TPSA) is 78.0 Å². The zero-order valence-corrected chi connectivity index (χ0v) is 13.5. The SMILES string of the molecule is Cc1cc(N2CCN(C)C(C)(C)C2)c(/C(N)=N/O)c(C)n1. The van der Waals surface area contributed by atoms with Crippen LogP contribution in [0, 0.1) is 13.8 Å². The average Bonchev–Trinajstić information content (AvgIpc) is 2.40. The molecule has 0 aliphatic carbocycles. The van der Waals surface area contributed by atoms with Crippen molar-refractivity contribution >= 4 is 11.5 Å². The molecule has 0 unspecified atom stereocenters. The van der Waals surface area contributed by atoms with Gasteiger partial charge in [-0.15, -0.1) is 0 Å². The van der Waals surface area contributed by atoms with E-state index in [4.69, 9.17) is 10.9 Å². The number of nitrogens with zero attached hydrogens (tertiary/aromatic N) is 4. The number of aromatic nitrogens is 1. The quantitative estimate of drug-likeness (QED) is 0.372. The number of nitrogens with two attached hydrogens (primary N) is 1. The molecule has 21 heavy (non-hydrogen) atoms. The number of likely N-dealkylation sites (N-methyl/N-ethyl adjacent to an activating group) is 1. The van der Waals surface area contributed by atoms with Crippen LogP contribution in [0.15, 0.2) is 11.2 Å². The highest BCUT2D eigenvalue weighted by molar-refractivity contribution is 6.03. The van der Waals surface area contributed by atoms with Crippen molar-refractivity contribution in [3.63, 3.8) is 0 Å². The van der Waals surface area contributed by atoms with Gasteiger partial charge in [0, 0.05) is 30.9 Å². The third-order valence-electron chi connectivity index (χ3n) is 4.33. The second-order valence-electron chi connectivity index (χ2n) is 6.38. The fourth-order valence-electron chi connectivity index (χ4n) is 2.87. The number of pyridine rings is 1. The van der Waals surface area contributed by atoms with Gasteiger partial charge in [-0.1, -0.05) is 5.16 Å². The van der Waals surface area contributed by atoms with Crippen LogP contribution < -0.4 is 10.6 Å². The number of amidine groups is 1. The van der Waals surface area contributed by atoms with Crippen LogP contribution in [0.1, 0.15) is 30.8 Å². The van der Waals surface area contributed by atoms with Crippen LogP contribution in [0.3, 0.4) is 0 Å². The van der Waals surface area contributed by atoms with E-state index in [2.05, 4.69) is 40.8 Å². The Morgan fingerprint density at radius 1 is 1.38 bits per heavy atom. The Hall–Kier alpha value is -1.82. The van der Waals surface area contributed by atoms with Gasteiger partial charge in [0.25, 0.3) is 0 Å². The van der Waals surface area contributed by atoms with Crippen molar-refractivity contribution in [1.29, 1.82) is 0 Å². The maximum Gasteiger partial charge on any atom is 0.174 e. The third-order valence-corrected chi connectivity index (χ3v) is 4.33. The molecule has 2 heterocycles. The molecule has 0 saturated carbocycles. The molecule has 6 nitrogen and oxygen atoms in total. The minimum absolute atomic E-state index is 0.0751. The Morgan fingerprint density at radius 3 is 2.62 bits per heavy atom. The second kappa shape index (κ2) is 5.52. The minimum Gasteiger partial charge on any atom is -0.409 e. The van der Waals surface area contributed by atoms with Crippen LogP contribution in [0.25, 0.3) is 0 Å². The van der Waals surface area contributed by atoms with Crippen molar-refractivity contribution in [3.8, 4) is 0 Å². The Kier molecular flexibility index (Phi) is 4.09. The summed E-state index contributed by atoms with van der Waals surface area (Å²) in [5.74, 6) is 0.117. The molecule has 0 aromatic carbocycles. The van der Waals surface area contributed by atoms with Gasteiger partial charge < -0.3 is 15.8 Å². The monoisotopic (exact) mass is 291 g/mol. The molecule has 1 aromatic rings. The van der Waals surface area contributed by atoms with Crippen LogP contribution in [0.2, 0.25) is 0 Å². The van der Waals surface area contributed by atoms with Gasteiger partial charge in [0.1, 0.15) is 0 Å². The summed E-state index contributed by atoms with van der Waals surface area (Å²) >= 11 is 0. The van der Waals surface area contributed by atoms with Gasteiger partial charge in [-0.05, 0) is 40.8 Å². The number of piperazine rings is 1. The predicted molar refractivity (Wildman–Crippen MR) is 85.1 cm³/mol. The molecule has 1 aliphatic heterocycles.